The summed E-state index contributed by atoms with van der Waals surface area (Å²) in [4.78, 5) is 4.01. The maximum absolute atomic E-state index is 13.8. The second kappa shape index (κ2) is 12.8. The van der Waals surface area contributed by atoms with E-state index in [1.54, 1.807) is 0 Å². The highest BCUT2D eigenvalue weighted by Gasteiger charge is 2.48. The molecule has 8 aromatic rings. The second-order valence-corrected chi connectivity index (χ2v) is 14.3. The first-order valence-corrected chi connectivity index (χ1v) is 18.2. The lowest BCUT2D eigenvalue weighted by molar-refractivity contribution is -0.0500. The molecule has 51 heavy (non-hydrogen) atoms. The number of alkyl halides is 3. The SMILES string of the molecule is O=S(=O)(Oc1cc(N(c2ccccc2)c2ccccc2)c2sc3c4ccccc4cc(N(c4ccccc4)c4ccccc4)c3c2c1)C(F)(F)F. The Morgan fingerprint density at radius 2 is 0.961 bits per heavy atom. The molecule has 0 saturated carbocycles. The number of nitrogens with zero attached hydrogens (tertiary/aromatic N) is 2. The summed E-state index contributed by atoms with van der Waals surface area (Å²) in [6, 6.07) is 51.2. The van der Waals surface area contributed by atoms with Crippen LogP contribution in [0.25, 0.3) is 30.9 Å². The minimum atomic E-state index is -6.00. The number of halogens is 3. The number of anilines is 6. The van der Waals surface area contributed by atoms with Gasteiger partial charge in [-0.05, 0) is 71.4 Å². The molecular weight excluding hydrogens is 690 g/mol. The van der Waals surface area contributed by atoms with Crippen LogP contribution in [-0.4, -0.2) is 13.9 Å². The van der Waals surface area contributed by atoms with E-state index in [4.69, 9.17) is 4.18 Å². The van der Waals surface area contributed by atoms with Crippen molar-refractivity contribution in [2.24, 2.45) is 0 Å². The Bertz CT molecular complexity index is 2540. The largest absolute Gasteiger partial charge is 0.534 e. The van der Waals surface area contributed by atoms with E-state index in [9.17, 15) is 21.6 Å². The van der Waals surface area contributed by atoms with Gasteiger partial charge in [-0.3, -0.25) is 0 Å². The smallest absolute Gasteiger partial charge is 0.376 e. The van der Waals surface area contributed by atoms with E-state index < -0.39 is 21.4 Å². The van der Waals surface area contributed by atoms with Gasteiger partial charge in [0, 0.05) is 44.3 Å². The summed E-state index contributed by atoms with van der Waals surface area (Å²) >= 11 is 1.49. The van der Waals surface area contributed by atoms with Crippen LogP contribution in [-0.2, 0) is 10.1 Å². The highest BCUT2D eigenvalue weighted by Crippen LogP contribution is 2.53. The van der Waals surface area contributed by atoms with Crippen LogP contribution in [0.1, 0.15) is 0 Å². The Balaban J connectivity index is 1.53. The van der Waals surface area contributed by atoms with E-state index in [1.165, 1.54) is 23.5 Å². The molecule has 0 amide bonds. The van der Waals surface area contributed by atoms with Crippen LogP contribution in [0.2, 0.25) is 0 Å². The molecule has 1 heterocycles. The lowest BCUT2D eigenvalue weighted by atomic mass is 10.0. The first-order valence-electron chi connectivity index (χ1n) is 15.9. The van der Waals surface area contributed by atoms with Crippen molar-refractivity contribution in [3.05, 3.63) is 164 Å². The van der Waals surface area contributed by atoms with Crippen molar-refractivity contribution in [1.82, 2.24) is 0 Å². The Kier molecular flexibility index (Phi) is 8.13. The summed E-state index contributed by atoms with van der Waals surface area (Å²) < 4.78 is 73.0. The van der Waals surface area contributed by atoms with Gasteiger partial charge in [0.15, 0.2) is 0 Å². The van der Waals surface area contributed by atoms with Crippen LogP contribution in [0.15, 0.2) is 164 Å². The van der Waals surface area contributed by atoms with E-state index in [0.717, 1.165) is 54.0 Å². The van der Waals surface area contributed by atoms with Gasteiger partial charge in [0.2, 0.25) is 0 Å². The topological polar surface area (TPSA) is 49.9 Å². The van der Waals surface area contributed by atoms with Gasteiger partial charge in [-0.1, -0.05) is 97.1 Å². The van der Waals surface area contributed by atoms with Crippen molar-refractivity contribution in [2.75, 3.05) is 9.80 Å². The number of rotatable bonds is 8. The molecule has 0 fully saturated rings. The van der Waals surface area contributed by atoms with Crippen LogP contribution in [0.5, 0.6) is 5.75 Å². The molecule has 252 valence electrons. The van der Waals surface area contributed by atoms with Crippen molar-refractivity contribution in [2.45, 2.75) is 5.51 Å². The molecule has 1 aromatic heterocycles. The van der Waals surface area contributed by atoms with Crippen molar-refractivity contribution < 1.29 is 25.8 Å². The summed E-state index contributed by atoms with van der Waals surface area (Å²) in [6.45, 7) is 0. The Morgan fingerprint density at radius 1 is 0.510 bits per heavy atom. The molecule has 0 aliphatic rings. The van der Waals surface area contributed by atoms with E-state index in [2.05, 4.69) is 11.0 Å². The van der Waals surface area contributed by atoms with Crippen molar-refractivity contribution >= 4 is 86.5 Å². The standard InChI is InChI=1S/C41H27F3N2O3S2/c42-41(43,44)51(47,48)49-33-26-35-38-36(45(29-16-5-1-6-17-29)30-18-7-2-8-19-30)25-28-15-13-14-24-34(28)40(38)50-39(35)37(27-33)46(31-20-9-3-10-21-31)32-22-11-4-12-23-32/h1-27H. The number of hydrogen-bond donors (Lipinski definition) is 0. The molecule has 0 aliphatic heterocycles. The van der Waals surface area contributed by atoms with Gasteiger partial charge < -0.3 is 14.0 Å². The van der Waals surface area contributed by atoms with Crippen LogP contribution < -0.4 is 14.0 Å². The summed E-state index contributed by atoms with van der Waals surface area (Å²) in [5.41, 5.74) is -1.24. The lowest BCUT2D eigenvalue weighted by Gasteiger charge is -2.27. The molecule has 10 heteroatoms. The Labute approximate surface area is 296 Å². The van der Waals surface area contributed by atoms with Crippen molar-refractivity contribution in [3.63, 3.8) is 0 Å². The summed E-state index contributed by atoms with van der Waals surface area (Å²) in [5, 5.41) is 3.18. The third kappa shape index (κ3) is 5.92. The van der Waals surface area contributed by atoms with Crippen LogP contribution in [0, 0.1) is 0 Å². The molecule has 0 radical (unpaired) electrons. The number of thiophene rings is 1. The average molecular weight is 717 g/mol. The molecule has 5 nitrogen and oxygen atoms in total. The highest BCUT2D eigenvalue weighted by atomic mass is 32.2. The normalized spacial score (nSPS) is 12.0. The predicted molar refractivity (Wildman–Crippen MR) is 202 cm³/mol. The summed E-state index contributed by atoms with van der Waals surface area (Å²) in [5.74, 6) is -0.462. The number of hydrogen-bond acceptors (Lipinski definition) is 6. The maximum atomic E-state index is 13.8. The minimum Gasteiger partial charge on any atom is -0.376 e. The van der Waals surface area contributed by atoms with Crippen molar-refractivity contribution in [3.8, 4) is 5.75 Å². The molecule has 0 spiro atoms. The third-order valence-electron chi connectivity index (χ3n) is 8.53. The van der Waals surface area contributed by atoms with Gasteiger partial charge in [-0.15, -0.1) is 11.3 Å². The lowest BCUT2D eigenvalue weighted by Crippen LogP contribution is -2.28. The molecule has 0 unspecified atom stereocenters. The van der Waals surface area contributed by atoms with Crippen molar-refractivity contribution in [1.29, 1.82) is 0 Å². The van der Waals surface area contributed by atoms with Gasteiger partial charge in [0.05, 0.1) is 16.1 Å². The van der Waals surface area contributed by atoms with Crippen LogP contribution in [0.3, 0.4) is 0 Å². The third-order valence-corrected chi connectivity index (χ3v) is 10.8. The van der Waals surface area contributed by atoms with Gasteiger partial charge in [0.25, 0.3) is 0 Å². The fraction of sp³-hybridized carbons (Fsp3) is 0.0244. The molecule has 8 rings (SSSR count). The fourth-order valence-corrected chi connectivity index (χ4v) is 8.16. The molecule has 0 N–H and O–H groups in total. The predicted octanol–water partition coefficient (Wildman–Crippen LogP) is 12.4. The summed E-state index contributed by atoms with van der Waals surface area (Å²) in [6.07, 6.45) is 0. The molecule has 0 atom stereocenters. The van der Waals surface area contributed by atoms with Crippen LogP contribution >= 0.6 is 11.3 Å². The quantitative estimate of drug-likeness (QED) is 0.116. The van der Waals surface area contributed by atoms with Gasteiger partial charge >= 0.3 is 15.6 Å². The molecular formula is C41H27F3N2O3S2. The number of benzene rings is 7. The minimum absolute atomic E-state index is 0.458. The average Bonchev–Trinajstić information content (AvgIpc) is 3.53. The van der Waals surface area contributed by atoms with Gasteiger partial charge in [0.1, 0.15) is 5.75 Å². The zero-order valence-corrected chi connectivity index (χ0v) is 28.3. The molecule has 0 bridgehead atoms. The van der Waals surface area contributed by atoms with E-state index >= 15 is 0 Å². The Hall–Kier alpha value is -5.84. The summed E-state index contributed by atoms with van der Waals surface area (Å²) in [7, 11) is -6.00. The molecule has 0 aliphatic carbocycles. The van der Waals surface area contributed by atoms with Crippen LogP contribution in [0.4, 0.5) is 47.3 Å². The van der Waals surface area contributed by atoms with E-state index in [1.807, 2.05) is 150 Å². The molecule has 7 aromatic carbocycles. The Morgan fingerprint density at radius 3 is 1.45 bits per heavy atom. The highest BCUT2D eigenvalue weighted by molar-refractivity contribution is 7.88. The zero-order valence-electron chi connectivity index (χ0n) is 26.7. The monoisotopic (exact) mass is 716 g/mol. The van der Waals surface area contributed by atoms with E-state index in [-0.39, 0.29) is 0 Å². The van der Waals surface area contributed by atoms with E-state index in [0.29, 0.717) is 11.1 Å². The zero-order chi connectivity index (χ0) is 35.2. The first-order chi connectivity index (χ1) is 24.7. The van der Waals surface area contributed by atoms with Gasteiger partial charge in [-0.25, -0.2) is 0 Å². The second-order valence-electron chi connectivity index (χ2n) is 11.7. The first kappa shape index (κ1) is 32.4. The fourth-order valence-electron chi connectivity index (χ4n) is 6.38. The molecule has 0 saturated heterocycles. The maximum Gasteiger partial charge on any atom is 0.534 e. The number of para-hydroxylation sites is 4. The van der Waals surface area contributed by atoms with Gasteiger partial charge in [-0.2, -0.15) is 21.6 Å². The number of fused-ring (bicyclic) bond motifs is 5.